The summed E-state index contributed by atoms with van der Waals surface area (Å²) in [5, 5.41) is 5.54. The number of allylic oxidation sites excluding steroid dienone is 7. The first-order valence-electron chi connectivity index (χ1n) is 20.5. The number of benzene rings is 4. The van der Waals surface area contributed by atoms with Crippen LogP contribution < -0.4 is 20.5 Å². The average molecular weight is 741 g/mol. The van der Waals surface area contributed by atoms with Gasteiger partial charge in [0.05, 0.1) is 8.80 Å². The Bertz CT molecular complexity index is 2290. The summed E-state index contributed by atoms with van der Waals surface area (Å²) in [5.41, 5.74) is 14.2. The Morgan fingerprint density at radius 1 is 0.717 bits per heavy atom. The normalized spacial score (nSPS) is 28.7. The van der Waals surface area contributed by atoms with Crippen molar-refractivity contribution in [1.29, 1.82) is 0 Å². The zero-order chi connectivity index (χ0) is 35.4. The first kappa shape index (κ1) is 32.8. The van der Waals surface area contributed by atoms with Crippen molar-refractivity contribution in [1.82, 2.24) is 0 Å². The molecule has 53 heavy (non-hydrogen) atoms. The van der Waals surface area contributed by atoms with Gasteiger partial charge >= 0.3 is 0 Å². The van der Waals surface area contributed by atoms with Gasteiger partial charge in [-0.1, -0.05) is 110 Å². The Balaban J connectivity index is 1.07. The van der Waals surface area contributed by atoms with E-state index in [1.165, 1.54) is 85.1 Å². The predicted molar refractivity (Wildman–Crippen MR) is 233 cm³/mol. The molecule has 0 bridgehead atoms. The van der Waals surface area contributed by atoms with Gasteiger partial charge < -0.3 is 4.90 Å². The highest BCUT2D eigenvalue weighted by molar-refractivity contribution is 8.04. The van der Waals surface area contributed by atoms with Crippen molar-refractivity contribution in [2.75, 3.05) is 4.90 Å². The highest BCUT2D eigenvalue weighted by Crippen LogP contribution is 2.61. The van der Waals surface area contributed by atoms with Crippen LogP contribution in [0.2, 0.25) is 25.2 Å². The molecule has 1 fully saturated rings. The van der Waals surface area contributed by atoms with Gasteiger partial charge in [0.2, 0.25) is 0 Å². The summed E-state index contributed by atoms with van der Waals surface area (Å²) in [7, 11) is -2.71. The van der Waals surface area contributed by atoms with Crippen LogP contribution in [0.5, 0.6) is 0 Å². The molecule has 6 unspecified atom stereocenters. The Labute approximate surface area is 323 Å². The molecule has 1 saturated heterocycles. The minimum Gasteiger partial charge on any atom is -0.311 e. The van der Waals surface area contributed by atoms with E-state index < -0.39 is 16.9 Å². The van der Waals surface area contributed by atoms with Crippen LogP contribution in [-0.4, -0.2) is 22.1 Å². The van der Waals surface area contributed by atoms with Crippen molar-refractivity contribution in [3.63, 3.8) is 0 Å². The van der Waals surface area contributed by atoms with Crippen molar-refractivity contribution in [3.05, 3.63) is 137 Å². The molecule has 0 amide bonds. The molecule has 0 aromatic heterocycles. The molecule has 3 heterocycles. The molecular formula is C49H50NSSi2. The monoisotopic (exact) mass is 740 g/mol. The fraction of sp³-hybridized carbons (Fsp3) is 0.347. The molecule has 0 spiro atoms. The van der Waals surface area contributed by atoms with Crippen molar-refractivity contribution in [3.8, 4) is 11.1 Å². The summed E-state index contributed by atoms with van der Waals surface area (Å²) in [4.78, 5) is 4.48. The van der Waals surface area contributed by atoms with E-state index in [4.69, 9.17) is 0 Å². The van der Waals surface area contributed by atoms with Crippen LogP contribution in [0.3, 0.4) is 0 Å². The van der Waals surface area contributed by atoms with Gasteiger partial charge in [-0.05, 0) is 160 Å². The lowest BCUT2D eigenvalue weighted by Gasteiger charge is -2.35. The SMILES string of the molecule is C[Si]1c2cc(N(c3cccc(C4CCC=C5C=CCCC54)c3)c3cccc4c3[Si](C)(C)c3ccccc3-4)ccc2C2=C3SC4C=CCCC4C3CCC21. The second-order valence-corrected chi connectivity index (χ2v) is 25.6. The summed E-state index contributed by atoms with van der Waals surface area (Å²) >= 11 is 2.25. The van der Waals surface area contributed by atoms with E-state index in [-0.39, 0.29) is 0 Å². The van der Waals surface area contributed by atoms with Crippen molar-refractivity contribution < 1.29 is 0 Å². The molecule has 4 aromatic carbocycles. The minimum atomic E-state index is -1.98. The summed E-state index contributed by atoms with van der Waals surface area (Å²) in [6.07, 6.45) is 22.7. The van der Waals surface area contributed by atoms with Crippen LogP contribution in [0.1, 0.15) is 68.4 Å². The van der Waals surface area contributed by atoms with E-state index in [1.54, 1.807) is 37.2 Å². The topological polar surface area (TPSA) is 3.24 Å². The maximum Gasteiger partial charge on any atom is 0.116 e. The van der Waals surface area contributed by atoms with Crippen LogP contribution >= 0.6 is 11.8 Å². The number of fused-ring (bicyclic) bond motifs is 10. The van der Waals surface area contributed by atoms with Crippen LogP contribution in [0.4, 0.5) is 17.1 Å². The molecular weight excluding hydrogens is 691 g/mol. The molecule has 4 aromatic rings. The number of nitrogens with zero attached hydrogens (tertiary/aromatic N) is 1. The standard InChI is InChI=1S/C49H50NSSi2/c1-52-44-28-27-39-37-18-6-8-23-43(37)51-48(39)47(44)41-26-25-34(30-45(41)52)50(42-22-12-21-40-38-19-7-9-24-46(38)53(2,3)49(40)42)33-16-10-15-32(29-33)36-20-11-14-31-13-4-5-17-35(31)36/h4,7-10,12-16,19,21-26,29-30,35-37,39,43-44H,5-6,11,17-18,20,27-28H2,1-3H3. The van der Waals surface area contributed by atoms with E-state index in [9.17, 15) is 0 Å². The van der Waals surface area contributed by atoms with E-state index in [0.29, 0.717) is 17.1 Å². The first-order chi connectivity index (χ1) is 26.0. The average Bonchev–Trinajstić information content (AvgIpc) is 3.80. The van der Waals surface area contributed by atoms with Gasteiger partial charge in [-0.2, -0.15) is 0 Å². The van der Waals surface area contributed by atoms with Gasteiger partial charge in [-0.3, -0.25) is 0 Å². The van der Waals surface area contributed by atoms with Crippen LogP contribution in [-0.2, 0) is 0 Å². The Kier molecular flexibility index (Phi) is 7.73. The lowest BCUT2D eigenvalue weighted by molar-refractivity contribution is 0.352. The molecule has 1 radical (unpaired) electrons. The Morgan fingerprint density at radius 2 is 1.55 bits per heavy atom. The molecule has 0 saturated carbocycles. The number of thioether (sulfide) groups is 1. The molecule has 4 heteroatoms. The van der Waals surface area contributed by atoms with E-state index >= 15 is 0 Å². The second-order valence-electron chi connectivity index (χ2n) is 17.5. The van der Waals surface area contributed by atoms with E-state index in [2.05, 4.69) is 152 Å². The number of anilines is 3. The third-order valence-electron chi connectivity index (χ3n) is 14.5. The van der Waals surface area contributed by atoms with Crippen molar-refractivity contribution >= 4 is 66.8 Å². The van der Waals surface area contributed by atoms with Gasteiger partial charge in [0.25, 0.3) is 0 Å². The molecule has 6 atom stereocenters. The number of hydrogen-bond donors (Lipinski definition) is 0. The number of hydrogen-bond acceptors (Lipinski definition) is 2. The third kappa shape index (κ3) is 4.93. The number of rotatable bonds is 4. The Morgan fingerprint density at radius 3 is 2.49 bits per heavy atom. The van der Waals surface area contributed by atoms with Crippen LogP contribution in [0, 0.1) is 17.8 Å². The molecule has 3 aliphatic heterocycles. The first-order valence-corrected chi connectivity index (χ1v) is 26.5. The molecule has 11 rings (SSSR count). The quantitative estimate of drug-likeness (QED) is 0.151. The van der Waals surface area contributed by atoms with E-state index in [0.717, 1.165) is 17.4 Å². The zero-order valence-corrected chi connectivity index (χ0v) is 34.3. The fourth-order valence-electron chi connectivity index (χ4n) is 12.1. The van der Waals surface area contributed by atoms with Gasteiger partial charge in [0.15, 0.2) is 0 Å². The second kappa shape index (κ2) is 12.5. The largest absolute Gasteiger partial charge is 0.311 e. The van der Waals surface area contributed by atoms with Crippen molar-refractivity contribution in [2.45, 2.75) is 87.7 Å². The molecule has 265 valence electrons. The predicted octanol–water partition coefficient (Wildman–Crippen LogP) is 11.6. The van der Waals surface area contributed by atoms with Gasteiger partial charge in [-0.15, -0.1) is 11.8 Å². The smallest absolute Gasteiger partial charge is 0.116 e. The van der Waals surface area contributed by atoms with Gasteiger partial charge in [0.1, 0.15) is 8.07 Å². The van der Waals surface area contributed by atoms with Crippen LogP contribution in [0.15, 0.2) is 126 Å². The lowest BCUT2D eigenvalue weighted by Crippen LogP contribution is -2.50. The Hall–Kier alpha value is -3.58. The highest BCUT2D eigenvalue weighted by atomic mass is 32.2. The molecule has 0 N–H and O–H groups in total. The van der Waals surface area contributed by atoms with Gasteiger partial charge in [0, 0.05) is 22.3 Å². The summed E-state index contributed by atoms with van der Waals surface area (Å²) in [6.45, 7) is 7.81. The highest BCUT2D eigenvalue weighted by Gasteiger charge is 2.49. The fourth-order valence-corrected chi connectivity index (χ4v) is 20.1. The lowest BCUT2D eigenvalue weighted by atomic mass is 9.71. The third-order valence-corrected chi connectivity index (χ3v) is 22.5. The van der Waals surface area contributed by atoms with Gasteiger partial charge in [-0.25, -0.2) is 0 Å². The summed E-state index contributed by atoms with van der Waals surface area (Å²) < 4.78 is 0. The maximum absolute atomic E-state index is 2.70. The zero-order valence-electron chi connectivity index (χ0n) is 31.4. The maximum atomic E-state index is 2.70. The van der Waals surface area contributed by atoms with Crippen molar-refractivity contribution in [2.24, 2.45) is 17.8 Å². The molecule has 1 nitrogen and oxygen atoms in total. The minimum absolute atomic E-state index is 0.579. The summed E-state index contributed by atoms with van der Waals surface area (Å²) in [6, 6.07) is 34.0. The van der Waals surface area contributed by atoms with Crippen LogP contribution in [0.25, 0.3) is 16.7 Å². The summed E-state index contributed by atoms with van der Waals surface area (Å²) in [5.74, 6) is 2.86. The molecule has 4 aliphatic carbocycles. The van der Waals surface area contributed by atoms with E-state index in [1.807, 2.05) is 0 Å². The molecule has 7 aliphatic rings.